The average Bonchev–Trinajstić information content (AvgIpc) is 2.62. The third-order valence-corrected chi connectivity index (χ3v) is 4.88. The molecule has 2 aromatic carbocycles. The van der Waals surface area contributed by atoms with E-state index < -0.39 is 33.1 Å². The summed E-state index contributed by atoms with van der Waals surface area (Å²) < 4.78 is 56.9. The smallest absolute Gasteiger partial charge is 0.340 e. The number of hydrogen-bond donors (Lipinski definition) is 2. The molecular formula is C17H18FNO7S. The van der Waals surface area contributed by atoms with Gasteiger partial charge in [-0.2, -0.15) is 0 Å². The highest BCUT2D eigenvalue weighted by molar-refractivity contribution is 7.92. The zero-order valence-electron chi connectivity index (χ0n) is 14.8. The molecule has 2 N–H and O–H groups in total. The van der Waals surface area contributed by atoms with Crippen molar-refractivity contribution in [3.05, 3.63) is 41.7 Å². The van der Waals surface area contributed by atoms with Crippen LogP contribution >= 0.6 is 0 Å². The summed E-state index contributed by atoms with van der Waals surface area (Å²) in [5.74, 6) is -2.39. The van der Waals surface area contributed by atoms with E-state index in [9.17, 15) is 22.7 Å². The maximum Gasteiger partial charge on any atom is 0.340 e. The van der Waals surface area contributed by atoms with Crippen molar-refractivity contribution in [2.24, 2.45) is 0 Å². The van der Waals surface area contributed by atoms with Crippen molar-refractivity contribution in [1.82, 2.24) is 0 Å². The maximum atomic E-state index is 14.0. The van der Waals surface area contributed by atoms with Gasteiger partial charge >= 0.3 is 5.97 Å². The lowest BCUT2D eigenvalue weighted by molar-refractivity contribution is 0.0692. The quantitative estimate of drug-likeness (QED) is 0.702. The number of rotatable bonds is 8. The van der Waals surface area contributed by atoms with Crippen LogP contribution in [0.5, 0.6) is 17.2 Å². The number of carbonyl (C=O) groups is 1. The lowest BCUT2D eigenvalue weighted by Crippen LogP contribution is -2.18. The molecule has 0 amide bonds. The Labute approximate surface area is 155 Å². The molecule has 0 saturated carbocycles. The van der Waals surface area contributed by atoms with Crippen molar-refractivity contribution >= 4 is 21.7 Å². The number of carboxylic acid groups (broad SMARTS) is 1. The number of halogens is 1. The van der Waals surface area contributed by atoms with Crippen LogP contribution in [0, 0.1) is 5.82 Å². The van der Waals surface area contributed by atoms with Crippen LogP contribution < -0.4 is 18.9 Å². The van der Waals surface area contributed by atoms with Gasteiger partial charge in [-0.15, -0.1) is 0 Å². The summed E-state index contributed by atoms with van der Waals surface area (Å²) in [4.78, 5) is 11.2. The van der Waals surface area contributed by atoms with Gasteiger partial charge in [0.05, 0.1) is 25.7 Å². The van der Waals surface area contributed by atoms with Crippen molar-refractivity contribution < 1.29 is 36.9 Å². The van der Waals surface area contributed by atoms with Gasteiger partial charge in [0.25, 0.3) is 10.0 Å². The predicted octanol–water partition coefficient (Wildman–Crippen LogP) is 2.74. The largest absolute Gasteiger partial charge is 0.493 e. The summed E-state index contributed by atoms with van der Waals surface area (Å²) in [6.07, 6.45) is 0. The molecule has 0 aliphatic carbocycles. The van der Waals surface area contributed by atoms with E-state index in [4.69, 9.17) is 14.2 Å². The number of benzene rings is 2. The van der Waals surface area contributed by atoms with Crippen LogP contribution in [0.1, 0.15) is 17.3 Å². The normalized spacial score (nSPS) is 11.0. The van der Waals surface area contributed by atoms with Gasteiger partial charge in [0.2, 0.25) is 0 Å². The maximum absolute atomic E-state index is 14.0. The highest BCUT2D eigenvalue weighted by atomic mass is 32.2. The Morgan fingerprint density at radius 2 is 1.74 bits per heavy atom. The number of sulfonamides is 1. The van der Waals surface area contributed by atoms with Crippen LogP contribution in [-0.2, 0) is 10.0 Å². The highest BCUT2D eigenvalue weighted by Gasteiger charge is 2.26. The number of anilines is 1. The fraction of sp³-hybridized carbons (Fsp3) is 0.235. The molecule has 0 radical (unpaired) electrons. The molecule has 27 heavy (non-hydrogen) atoms. The standard InChI is InChI=1S/C17H18FNO7S/c1-4-26-13-8-6-11(18)15(17(20)21)16(13)19-27(22,23)10-5-7-12(24-2)14(9-10)25-3/h5-9,19H,4H2,1-3H3,(H,20,21). The molecule has 0 heterocycles. The van der Waals surface area contributed by atoms with E-state index >= 15 is 0 Å². The summed E-state index contributed by atoms with van der Waals surface area (Å²) in [6.45, 7) is 1.74. The van der Waals surface area contributed by atoms with Gasteiger partial charge in [-0.25, -0.2) is 17.6 Å². The third kappa shape index (κ3) is 4.22. The summed E-state index contributed by atoms with van der Waals surface area (Å²) in [5.41, 5.74) is -1.34. The van der Waals surface area contributed by atoms with Crippen LogP contribution in [0.15, 0.2) is 35.2 Å². The molecule has 0 spiro atoms. The molecule has 10 heteroatoms. The molecule has 0 saturated heterocycles. The van der Waals surface area contributed by atoms with E-state index in [-0.39, 0.29) is 23.0 Å². The zero-order chi connectivity index (χ0) is 20.2. The molecule has 0 atom stereocenters. The topological polar surface area (TPSA) is 111 Å². The van der Waals surface area contributed by atoms with Crippen molar-refractivity contribution in [2.45, 2.75) is 11.8 Å². The molecule has 146 valence electrons. The molecule has 8 nitrogen and oxygen atoms in total. The Balaban J connectivity index is 2.58. The molecule has 2 rings (SSSR count). The minimum absolute atomic E-state index is 0.111. The first kappa shape index (κ1) is 20.3. The van der Waals surface area contributed by atoms with Crippen LogP contribution in [0.25, 0.3) is 0 Å². The van der Waals surface area contributed by atoms with Gasteiger partial charge in [0, 0.05) is 6.07 Å². The van der Waals surface area contributed by atoms with E-state index in [1.807, 2.05) is 0 Å². The Morgan fingerprint density at radius 1 is 1.11 bits per heavy atom. The predicted molar refractivity (Wildman–Crippen MR) is 94.9 cm³/mol. The lowest BCUT2D eigenvalue weighted by Gasteiger charge is -2.16. The SMILES string of the molecule is CCOc1ccc(F)c(C(=O)O)c1NS(=O)(=O)c1ccc(OC)c(OC)c1. The molecule has 0 aromatic heterocycles. The van der Waals surface area contributed by atoms with Crippen LogP contribution in [0.3, 0.4) is 0 Å². The molecular weight excluding hydrogens is 381 g/mol. The fourth-order valence-corrected chi connectivity index (χ4v) is 3.42. The molecule has 0 aliphatic heterocycles. The van der Waals surface area contributed by atoms with Gasteiger partial charge in [0.1, 0.15) is 22.8 Å². The first-order valence-corrected chi connectivity index (χ1v) is 9.16. The Kier molecular flexibility index (Phi) is 6.11. The number of hydrogen-bond acceptors (Lipinski definition) is 6. The Hall–Kier alpha value is -3.01. The average molecular weight is 399 g/mol. The summed E-state index contributed by atoms with van der Waals surface area (Å²) >= 11 is 0. The number of carboxylic acids is 1. The zero-order valence-corrected chi connectivity index (χ0v) is 15.6. The van der Waals surface area contributed by atoms with E-state index in [0.29, 0.717) is 5.75 Å². The Bertz CT molecular complexity index is 960. The van der Waals surface area contributed by atoms with Gasteiger partial charge in [0.15, 0.2) is 11.5 Å². The second-order valence-electron chi connectivity index (χ2n) is 5.16. The number of aromatic carboxylic acids is 1. The third-order valence-electron chi connectivity index (χ3n) is 3.53. The van der Waals surface area contributed by atoms with Crippen molar-refractivity contribution in [3.63, 3.8) is 0 Å². The van der Waals surface area contributed by atoms with Gasteiger partial charge < -0.3 is 19.3 Å². The summed E-state index contributed by atoms with van der Waals surface area (Å²) in [7, 11) is -1.55. The molecule has 0 bridgehead atoms. The second-order valence-corrected chi connectivity index (χ2v) is 6.84. The van der Waals surface area contributed by atoms with Crippen LogP contribution in [0.4, 0.5) is 10.1 Å². The number of methoxy groups -OCH3 is 2. The first-order chi connectivity index (χ1) is 12.7. The fourth-order valence-electron chi connectivity index (χ4n) is 2.32. The highest BCUT2D eigenvalue weighted by Crippen LogP contribution is 2.35. The van der Waals surface area contributed by atoms with Crippen molar-refractivity contribution in [3.8, 4) is 17.2 Å². The van der Waals surface area contributed by atoms with E-state index in [1.165, 1.54) is 32.4 Å². The van der Waals surface area contributed by atoms with Crippen molar-refractivity contribution in [2.75, 3.05) is 25.5 Å². The molecule has 0 aliphatic rings. The Morgan fingerprint density at radius 3 is 2.30 bits per heavy atom. The van der Waals surface area contributed by atoms with Crippen LogP contribution in [0.2, 0.25) is 0 Å². The molecule has 0 fully saturated rings. The lowest BCUT2D eigenvalue weighted by atomic mass is 10.1. The van der Waals surface area contributed by atoms with Crippen LogP contribution in [-0.4, -0.2) is 40.3 Å². The summed E-state index contributed by atoms with van der Waals surface area (Å²) in [6, 6.07) is 5.85. The van der Waals surface area contributed by atoms with Gasteiger partial charge in [-0.1, -0.05) is 0 Å². The van der Waals surface area contributed by atoms with E-state index in [2.05, 4.69) is 4.72 Å². The minimum Gasteiger partial charge on any atom is -0.493 e. The van der Waals surface area contributed by atoms with Gasteiger partial charge in [-0.3, -0.25) is 4.72 Å². The van der Waals surface area contributed by atoms with E-state index in [1.54, 1.807) is 6.92 Å². The second kappa shape index (κ2) is 8.12. The molecule has 2 aromatic rings. The first-order valence-electron chi connectivity index (χ1n) is 7.68. The van der Waals surface area contributed by atoms with E-state index in [0.717, 1.165) is 12.1 Å². The number of nitrogens with one attached hydrogen (secondary N) is 1. The monoisotopic (exact) mass is 399 g/mol. The number of ether oxygens (including phenoxy) is 3. The molecule has 0 unspecified atom stereocenters. The summed E-state index contributed by atoms with van der Waals surface area (Å²) in [5, 5.41) is 9.29. The minimum atomic E-state index is -4.28. The van der Waals surface area contributed by atoms with Crippen molar-refractivity contribution in [1.29, 1.82) is 0 Å². The van der Waals surface area contributed by atoms with Gasteiger partial charge in [-0.05, 0) is 31.2 Å².